The second kappa shape index (κ2) is 6.31. The van der Waals surface area contributed by atoms with Gasteiger partial charge in [0.25, 0.3) is 0 Å². The number of unbranched alkanes of at least 4 members (excludes halogenated alkanes) is 2. The SMILES string of the molecule is COc1ccc(CCCCC#N)c(Cl)c1. The Morgan fingerprint density at radius 1 is 1.40 bits per heavy atom. The summed E-state index contributed by atoms with van der Waals surface area (Å²) in [6.07, 6.45) is 3.47. The van der Waals surface area contributed by atoms with E-state index >= 15 is 0 Å². The number of nitrogens with zero attached hydrogens (tertiary/aromatic N) is 1. The van der Waals surface area contributed by atoms with Gasteiger partial charge in [0.05, 0.1) is 13.2 Å². The smallest absolute Gasteiger partial charge is 0.120 e. The van der Waals surface area contributed by atoms with Crippen LogP contribution < -0.4 is 4.74 Å². The highest BCUT2D eigenvalue weighted by molar-refractivity contribution is 6.31. The van der Waals surface area contributed by atoms with Crippen molar-refractivity contribution in [3.63, 3.8) is 0 Å². The first-order valence-electron chi connectivity index (χ1n) is 4.97. The van der Waals surface area contributed by atoms with Gasteiger partial charge in [-0.3, -0.25) is 0 Å². The van der Waals surface area contributed by atoms with Crippen molar-refractivity contribution in [2.24, 2.45) is 0 Å². The number of benzene rings is 1. The first-order valence-corrected chi connectivity index (χ1v) is 5.35. The molecule has 15 heavy (non-hydrogen) atoms. The Morgan fingerprint density at radius 2 is 2.20 bits per heavy atom. The maximum absolute atomic E-state index is 8.39. The van der Waals surface area contributed by atoms with E-state index in [0.717, 1.165) is 35.6 Å². The predicted octanol–water partition coefficient (Wildman–Crippen LogP) is 3.58. The van der Waals surface area contributed by atoms with E-state index in [1.165, 1.54) is 0 Å². The highest BCUT2D eigenvalue weighted by atomic mass is 35.5. The Balaban J connectivity index is 2.51. The Kier molecular flexibility index (Phi) is 5.00. The van der Waals surface area contributed by atoms with Crippen LogP contribution in [0.5, 0.6) is 5.75 Å². The van der Waals surface area contributed by atoms with Crippen LogP contribution in [0.25, 0.3) is 0 Å². The first-order chi connectivity index (χ1) is 7.27. The number of rotatable bonds is 5. The van der Waals surface area contributed by atoms with Gasteiger partial charge < -0.3 is 4.74 Å². The molecule has 0 radical (unpaired) electrons. The van der Waals surface area contributed by atoms with Gasteiger partial charge >= 0.3 is 0 Å². The lowest BCUT2D eigenvalue weighted by Crippen LogP contribution is -1.89. The second-order valence-corrected chi connectivity index (χ2v) is 3.73. The summed E-state index contributed by atoms with van der Waals surface area (Å²) in [7, 11) is 1.62. The van der Waals surface area contributed by atoms with Crippen molar-refractivity contribution in [1.29, 1.82) is 5.26 Å². The van der Waals surface area contributed by atoms with Gasteiger partial charge in [-0.15, -0.1) is 0 Å². The molecule has 0 heterocycles. The van der Waals surface area contributed by atoms with Crippen LogP contribution in [0, 0.1) is 11.3 Å². The van der Waals surface area contributed by atoms with Crippen LogP contribution in [0.1, 0.15) is 24.8 Å². The molecule has 2 nitrogen and oxygen atoms in total. The summed E-state index contributed by atoms with van der Waals surface area (Å²) in [5.74, 6) is 0.778. The minimum atomic E-state index is 0.619. The van der Waals surface area contributed by atoms with Crippen LogP contribution in [0.3, 0.4) is 0 Å². The first kappa shape index (κ1) is 11.9. The topological polar surface area (TPSA) is 33.0 Å². The fourth-order valence-corrected chi connectivity index (χ4v) is 1.64. The largest absolute Gasteiger partial charge is 0.497 e. The van der Waals surface area contributed by atoms with E-state index in [0.29, 0.717) is 6.42 Å². The summed E-state index contributed by atoms with van der Waals surface area (Å²) in [4.78, 5) is 0. The van der Waals surface area contributed by atoms with E-state index in [4.69, 9.17) is 21.6 Å². The van der Waals surface area contributed by atoms with Crippen LogP contribution >= 0.6 is 11.6 Å². The zero-order valence-electron chi connectivity index (χ0n) is 8.79. The normalized spacial score (nSPS) is 9.67. The molecule has 0 fully saturated rings. The number of ether oxygens (including phenoxy) is 1. The van der Waals surface area contributed by atoms with Gasteiger partial charge in [0.2, 0.25) is 0 Å². The Hall–Kier alpha value is -1.20. The summed E-state index contributed by atoms with van der Waals surface area (Å²) < 4.78 is 5.07. The molecule has 1 aromatic carbocycles. The fraction of sp³-hybridized carbons (Fsp3) is 0.417. The Morgan fingerprint density at radius 3 is 2.80 bits per heavy atom. The lowest BCUT2D eigenvalue weighted by Gasteiger charge is -2.05. The second-order valence-electron chi connectivity index (χ2n) is 3.32. The van der Waals surface area contributed by atoms with Crippen molar-refractivity contribution in [1.82, 2.24) is 0 Å². The lowest BCUT2D eigenvalue weighted by molar-refractivity contribution is 0.414. The molecule has 0 amide bonds. The van der Waals surface area contributed by atoms with Crippen LogP contribution in [-0.4, -0.2) is 7.11 Å². The van der Waals surface area contributed by atoms with E-state index in [-0.39, 0.29) is 0 Å². The molecule has 0 saturated heterocycles. The quantitative estimate of drug-likeness (QED) is 0.715. The summed E-state index contributed by atoms with van der Waals surface area (Å²) in [6.45, 7) is 0. The number of aryl methyl sites for hydroxylation is 1. The van der Waals surface area contributed by atoms with Crippen molar-refractivity contribution in [3.8, 4) is 11.8 Å². The summed E-state index contributed by atoms with van der Waals surface area (Å²) in [5, 5.41) is 9.14. The van der Waals surface area contributed by atoms with Crippen LogP contribution in [0.2, 0.25) is 5.02 Å². The zero-order chi connectivity index (χ0) is 11.1. The minimum Gasteiger partial charge on any atom is -0.497 e. The van der Waals surface area contributed by atoms with Gasteiger partial charge in [-0.2, -0.15) is 5.26 Å². The van der Waals surface area contributed by atoms with Crippen molar-refractivity contribution >= 4 is 11.6 Å². The molecule has 80 valence electrons. The van der Waals surface area contributed by atoms with E-state index in [9.17, 15) is 0 Å². The third-order valence-electron chi connectivity index (χ3n) is 2.24. The predicted molar refractivity (Wildman–Crippen MR) is 61.2 cm³/mol. The number of nitriles is 1. The average Bonchev–Trinajstić information content (AvgIpc) is 2.26. The lowest BCUT2D eigenvalue weighted by atomic mass is 10.1. The van der Waals surface area contributed by atoms with Crippen molar-refractivity contribution in [3.05, 3.63) is 28.8 Å². The third-order valence-corrected chi connectivity index (χ3v) is 2.60. The van der Waals surface area contributed by atoms with Gasteiger partial charge in [0.1, 0.15) is 5.75 Å². The van der Waals surface area contributed by atoms with Crippen LogP contribution in [0.15, 0.2) is 18.2 Å². The van der Waals surface area contributed by atoms with E-state index in [2.05, 4.69) is 6.07 Å². The van der Waals surface area contributed by atoms with Gasteiger partial charge in [-0.05, 0) is 37.0 Å². The molecule has 0 atom stereocenters. The Bertz CT molecular complexity index is 357. The summed E-state index contributed by atoms with van der Waals surface area (Å²) in [5.41, 5.74) is 1.12. The van der Waals surface area contributed by atoms with Crippen LogP contribution in [0.4, 0.5) is 0 Å². The zero-order valence-corrected chi connectivity index (χ0v) is 9.55. The number of halogens is 1. The molecule has 0 aliphatic heterocycles. The third kappa shape index (κ3) is 3.81. The number of hydrogen-bond acceptors (Lipinski definition) is 2. The molecule has 3 heteroatoms. The maximum Gasteiger partial charge on any atom is 0.120 e. The van der Waals surface area contributed by atoms with E-state index < -0.39 is 0 Å². The van der Waals surface area contributed by atoms with Crippen molar-refractivity contribution in [2.75, 3.05) is 7.11 Å². The van der Waals surface area contributed by atoms with Gasteiger partial charge in [0, 0.05) is 11.4 Å². The number of methoxy groups -OCH3 is 1. The molecule has 0 unspecified atom stereocenters. The molecular formula is C12H14ClNO. The molecule has 0 aliphatic rings. The van der Waals surface area contributed by atoms with Crippen molar-refractivity contribution < 1.29 is 4.74 Å². The average molecular weight is 224 g/mol. The molecule has 0 bridgehead atoms. The van der Waals surface area contributed by atoms with Gasteiger partial charge in [-0.1, -0.05) is 17.7 Å². The monoisotopic (exact) mass is 223 g/mol. The number of hydrogen-bond donors (Lipinski definition) is 0. The molecule has 0 saturated carbocycles. The summed E-state index contributed by atoms with van der Waals surface area (Å²) in [6, 6.07) is 7.84. The van der Waals surface area contributed by atoms with Gasteiger partial charge in [-0.25, -0.2) is 0 Å². The molecule has 1 aromatic rings. The molecular weight excluding hydrogens is 210 g/mol. The highest BCUT2D eigenvalue weighted by Crippen LogP contribution is 2.23. The molecule has 0 N–H and O–H groups in total. The minimum absolute atomic E-state index is 0.619. The standard InChI is InChI=1S/C12H14ClNO/c1-15-11-7-6-10(12(13)9-11)5-3-2-4-8-14/h6-7,9H,2-5H2,1H3. The van der Waals surface area contributed by atoms with E-state index in [1.54, 1.807) is 7.11 Å². The molecule has 1 rings (SSSR count). The van der Waals surface area contributed by atoms with Crippen LogP contribution in [-0.2, 0) is 6.42 Å². The highest BCUT2D eigenvalue weighted by Gasteiger charge is 2.01. The molecule has 0 aliphatic carbocycles. The Labute approximate surface area is 95.4 Å². The van der Waals surface area contributed by atoms with Gasteiger partial charge in [0.15, 0.2) is 0 Å². The molecule has 0 aromatic heterocycles. The maximum atomic E-state index is 8.39. The fourth-order valence-electron chi connectivity index (χ4n) is 1.38. The van der Waals surface area contributed by atoms with E-state index in [1.807, 2.05) is 18.2 Å². The summed E-state index contributed by atoms with van der Waals surface area (Å²) >= 11 is 6.08. The molecule has 0 spiro atoms. The van der Waals surface area contributed by atoms with Crippen molar-refractivity contribution in [2.45, 2.75) is 25.7 Å².